The largest absolute Gasteiger partial charge is 0.478 e. The van der Waals surface area contributed by atoms with Gasteiger partial charge in [-0.3, -0.25) is 0 Å². The Labute approximate surface area is 145 Å². The summed E-state index contributed by atoms with van der Waals surface area (Å²) in [6, 6.07) is 9.32. The third-order valence-corrected chi connectivity index (χ3v) is 4.17. The van der Waals surface area contributed by atoms with Crippen LogP contribution in [-0.2, 0) is 0 Å². The fourth-order valence-electron chi connectivity index (χ4n) is 1.62. The summed E-state index contributed by atoms with van der Waals surface area (Å²) in [6.45, 7) is 0. The summed E-state index contributed by atoms with van der Waals surface area (Å²) >= 11 is 9.90. The second-order valence-corrected chi connectivity index (χ2v) is 6.56. The fraction of sp³-hybridized carbons (Fsp3) is 0. The molecule has 4 nitrogen and oxygen atoms in total. The zero-order chi connectivity index (χ0) is 15.6. The second kappa shape index (κ2) is 6.72. The third-order valence-electron chi connectivity index (χ3n) is 2.54. The summed E-state index contributed by atoms with van der Waals surface area (Å²) < 4.78 is 7.21. The molecule has 1 N–H and O–H groups in total. The van der Waals surface area contributed by atoms with Gasteiger partial charge in [0.2, 0.25) is 0 Å². The van der Waals surface area contributed by atoms with Gasteiger partial charge >= 0.3 is 11.9 Å². The van der Waals surface area contributed by atoms with Crippen LogP contribution in [0.5, 0.6) is 5.75 Å². The summed E-state index contributed by atoms with van der Waals surface area (Å²) in [4.78, 5) is 23.3. The molecule has 2 rings (SSSR count). The molecule has 0 aliphatic heterocycles. The Bertz CT molecular complexity index is 705. The van der Waals surface area contributed by atoms with Gasteiger partial charge in [0, 0.05) is 4.47 Å². The Morgan fingerprint density at radius 1 is 0.952 bits per heavy atom. The highest BCUT2D eigenvalue weighted by Crippen LogP contribution is 2.37. The number of ether oxygens (including phenoxy) is 1. The number of carboxylic acid groups (broad SMARTS) is 1. The molecule has 0 aromatic heterocycles. The van der Waals surface area contributed by atoms with Crippen LogP contribution in [0, 0.1) is 0 Å². The van der Waals surface area contributed by atoms with Crippen LogP contribution in [0.3, 0.4) is 0 Å². The first-order chi connectivity index (χ1) is 9.90. The van der Waals surface area contributed by atoms with E-state index in [1.54, 1.807) is 24.3 Å². The SMILES string of the molecule is O=C(O)c1ccccc1C(=O)Oc1c(Br)cc(Br)cc1Br. The van der Waals surface area contributed by atoms with E-state index in [9.17, 15) is 9.59 Å². The number of carbonyl (C=O) groups is 2. The van der Waals surface area contributed by atoms with Gasteiger partial charge in [0.1, 0.15) is 0 Å². The van der Waals surface area contributed by atoms with Crippen molar-refractivity contribution in [3.05, 3.63) is 60.9 Å². The topological polar surface area (TPSA) is 63.6 Å². The molecule has 7 heteroatoms. The summed E-state index contributed by atoms with van der Waals surface area (Å²) in [5.74, 6) is -1.64. The van der Waals surface area contributed by atoms with E-state index in [2.05, 4.69) is 47.8 Å². The average Bonchev–Trinajstić information content (AvgIpc) is 2.42. The molecule has 0 unspecified atom stereocenters. The Balaban J connectivity index is 2.38. The van der Waals surface area contributed by atoms with Gasteiger partial charge < -0.3 is 9.84 Å². The number of carboxylic acids is 1. The molecule has 0 amide bonds. The summed E-state index contributed by atoms with van der Waals surface area (Å²) in [5.41, 5.74) is -0.112. The fourth-order valence-corrected chi connectivity index (χ4v) is 4.04. The molecular formula is C14H7Br3O4. The number of hydrogen-bond donors (Lipinski definition) is 1. The molecule has 0 atom stereocenters. The number of esters is 1. The van der Waals surface area contributed by atoms with Crippen LogP contribution in [0.1, 0.15) is 20.7 Å². The number of benzene rings is 2. The normalized spacial score (nSPS) is 10.2. The molecule has 0 aliphatic carbocycles. The Morgan fingerprint density at radius 2 is 1.48 bits per heavy atom. The lowest BCUT2D eigenvalue weighted by atomic mass is 10.1. The monoisotopic (exact) mass is 476 g/mol. The van der Waals surface area contributed by atoms with Crippen molar-refractivity contribution in [1.82, 2.24) is 0 Å². The number of halogens is 3. The molecule has 2 aromatic carbocycles. The van der Waals surface area contributed by atoms with Crippen molar-refractivity contribution in [2.75, 3.05) is 0 Å². The first kappa shape index (κ1) is 16.2. The van der Waals surface area contributed by atoms with E-state index >= 15 is 0 Å². The molecule has 108 valence electrons. The van der Waals surface area contributed by atoms with Crippen molar-refractivity contribution in [3.8, 4) is 5.75 Å². The molecule has 21 heavy (non-hydrogen) atoms. The van der Waals surface area contributed by atoms with Crippen LogP contribution in [0.2, 0.25) is 0 Å². The minimum atomic E-state index is -1.18. The first-order valence-corrected chi connectivity index (χ1v) is 7.97. The molecule has 0 saturated heterocycles. The van der Waals surface area contributed by atoms with Crippen LogP contribution in [-0.4, -0.2) is 17.0 Å². The molecule has 0 fully saturated rings. The first-order valence-electron chi connectivity index (χ1n) is 5.59. The van der Waals surface area contributed by atoms with Crippen molar-refractivity contribution in [3.63, 3.8) is 0 Å². The summed E-state index contributed by atoms with van der Waals surface area (Å²) in [6.07, 6.45) is 0. The van der Waals surface area contributed by atoms with Crippen LogP contribution in [0.4, 0.5) is 0 Å². The minimum Gasteiger partial charge on any atom is -0.478 e. The Morgan fingerprint density at radius 3 is 2.00 bits per heavy atom. The van der Waals surface area contributed by atoms with E-state index in [1.807, 2.05) is 0 Å². The Hall–Kier alpha value is -1.18. The van der Waals surface area contributed by atoms with E-state index in [0.29, 0.717) is 8.95 Å². The summed E-state index contributed by atoms with van der Waals surface area (Å²) in [7, 11) is 0. The molecule has 0 heterocycles. The van der Waals surface area contributed by atoms with Crippen molar-refractivity contribution >= 4 is 59.7 Å². The lowest BCUT2D eigenvalue weighted by Gasteiger charge is -2.10. The maximum Gasteiger partial charge on any atom is 0.344 e. The number of carbonyl (C=O) groups excluding carboxylic acids is 1. The van der Waals surface area contributed by atoms with Gasteiger partial charge in [-0.05, 0) is 56.1 Å². The van der Waals surface area contributed by atoms with Crippen molar-refractivity contribution in [1.29, 1.82) is 0 Å². The highest BCUT2D eigenvalue weighted by Gasteiger charge is 2.20. The van der Waals surface area contributed by atoms with Crippen molar-refractivity contribution in [2.24, 2.45) is 0 Å². The molecule has 0 spiro atoms. The zero-order valence-corrected chi connectivity index (χ0v) is 15.0. The van der Waals surface area contributed by atoms with E-state index in [-0.39, 0.29) is 16.9 Å². The standard InChI is InChI=1S/C14H7Br3O4/c15-7-5-10(16)12(11(17)6-7)21-14(20)9-4-2-1-3-8(9)13(18)19/h1-6H,(H,18,19). The number of aromatic carboxylic acids is 1. The van der Waals surface area contributed by atoms with Gasteiger partial charge in [-0.2, -0.15) is 0 Å². The smallest absolute Gasteiger partial charge is 0.344 e. The molecule has 0 bridgehead atoms. The minimum absolute atomic E-state index is 0.00767. The van der Waals surface area contributed by atoms with Gasteiger partial charge in [0.25, 0.3) is 0 Å². The van der Waals surface area contributed by atoms with Crippen LogP contribution >= 0.6 is 47.8 Å². The highest BCUT2D eigenvalue weighted by atomic mass is 79.9. The van der Waals surface area contributed by atoms with E-state index in [0.717, 1.165) is 4.47 Å². The second-order valence-electron chi connectivity index (χ2n) is 3.94. The van der Waals surface area contributed by atoms with E-state index in [1.165, 1.54) is 12.1 Å². The molecular weight excluding hydrogens is 472 g/mol. The highest BCUT2D eigenvalue weighted by molar-refractivity contribution is 9.11. The van der Waals surface area contributed by atoms with E-state index < -0.39 is 11.9 Å². The van der Waals surface area contributed by atoms with Crippen LogP contribution in [0.25, 0.3) is 0 Å². The summed E-state index contributed by atoms with van der Waals surface area (Å²) in [5, 5.41) is 9.09. The molecule has 0 radical (unpaired) electrons. The van der Waals surface area contributed by atoms with Gasteiger partial charge in [0.05, 0.1) is 20.1 Å². The average molecular weight is 479 g/mol. The Kier molecular flexibility index (Phi) is 5.18. The third kappa shape index (κ3) is 3.72. The van der Waals surface area contributed by atoms with E-state index in [4.69, 9.17) is 9.84 Å². The molecule has 0 saturated carbocycles. The maximum atomic E-state index is 12.2. The lowest BCUT2D eigenvalue weighted by Crippen LogP contribution is -2.14. The predicted molar refractivity (Wildman–Crippen MR) is 87.9 cm³/mol. The number of rotatable bonds is 3. The van der Waals surface area contributed by atoms with Gasteiger partial charge in [0.15, 0.2) is 5.75 Å². The van der Waals surface area contributed by atoms with Gasteiger partial charge in [-0.25, -0.2) is 9.59 Å². The van der Waals surface area contributed by atoms with Crippen molar-refractivity contribution in [2.45, 2.75) is 0 Å². The van der Waals surface area contributed by atoms with Crippen molar-refractivity contribution < 1.29 is 19.4 Å². The van der Waals surface area contributed by atoms with Crippen LogP contribution < -0.4 is 4.74 Å². The van der Waals surface area contributed by atoms with Gasteiger partial charge in [-0.15, -0.1) is 0 Å². The number of hydrogen-bond acceptors (Lipinski definition) is 3. The maximum absolute atomic E-state index is 12.2. The van der Waals surface area contributed by atoms with Gasteiger partial charge in [-0.1, -0.05) is 28.1 Å². The van der Waals surface area contributed by atoms with Crippen LogP contribution in [0.15, 0.2) is 49.8 Å². The quantitative estimate of drug-likeness (QED) is 0.504. The predicted octanol–water partition coefficient (Wildman–Crippen LogP) is 4.89. The zero-order valence-electron chi connectivity index (χ0n) is 10.3. The molecule has 2 aromatic rings. The molecule has 0 aliphatic rings. The lowest BCUT2D eigenvalue weighted by molar-refractivity contribution is 0.0667.